The topological polar surface area (TPSA) is 70.2 Å². The number of thioether (sulfide) groups is 1. The molecule has 3 saturated heterocycles. The van der Waals surface area contributed by atoms with E-state index in [1.165, 1.54) is 0 Å². The number of amides is 3. The maximum Gasteiger partial charge on any atom is 0.243 e. The Kier molecular flexibility index (Phi) is 6.13. The summed E-state index contributed by atoms with van der Waals surface area (Å²) in [6.45, 7) is 4.72. The third-order valence-corrected chi connectivity index (χ3v) is 5.98. The van der Waals surface area contributed by atoms with Gasteiger partial charge in [0.15, 0.2) is 0 Å². The van der Waals surface area contributed by atoms with Gasteiger partial charge in [0.1, 0.15) is 6.54 Å². The molecule has 0 saturated carbocycles. The first-order chi connectivity index (χ1) is 11.6. The molecule has 24 heavy (non-hydrogen) atoms. The van der Waals surface area contributed by atoms with Crippen molar-refractivity contribution in [2.24, 2.45) is 0 Å². The standard InChI is InChI=1S/C16H25N3O4S/c20-14-2-3-15(21)19(14)11-16(22)18-4-1-9-24-12-13(18)10-17-5-7-23-8-6-17/h13H,1-12H2. The summed E-state index contributed by atoms with van der Waals surface area (Å²) in [6, 6.07) is 0.135. The molecule has 1 atom stereocenters. The molecule has 1 unspecified atom stereocenters. The Hall–Kier alpha value is -1.12. The molecule has 3 aliphatic heterocycles. The monoisotopic (exact) mass is 355 g/mol. The molecule has 3 heterocycles. The van der Waals surface area contributed by atoms with E-state index in [0.717, 1.165) is 55.7 Å². The summed E-state index contributed by atoms with van der Waals surface area (Å²) < 4.78 is 5.39. The number of imide groups is 1. The van der Waals surface area contributed by atoms with Gasteiger partial charge >= 0.3 is 0 Å². The lowest BCUT2D eigenvalue weighted by molar-refractivity contribution is -0.146. The van der Waals surface area contributed by atoms with Gasteiger partial charge in [-0.3, -0.25) is 24.2 Å². The zero-order chi connectivity index (χ0) is 16.9. The van der Waals surface area contributed by atoms with Crippen LogP contribution in [0, 0.1) is 0 Å². The van der Waals surface area contributed by atoms with Crippen molar-refractivity contribution >= 4 is 29.5 Å². The lowest BCUT2D eigenvalue weighted by atomic mass is 10.2. The summed E-state index contributed by atoms with van der Waals surface area (Å²) in [7, 11) is 0. The van der Waals surface area contributed by atoms with E-state index in [1.807, 2.05) is 16.7 Å². The molecule has 0 aromatic heterocycles. The average molecular weight is 355 g/mol. The van der Waals surface area contributed by atoms with Crippen LogP contribution >= 0.6 is 11.8 Å². The van der Waals surface area contributed by atoms with Crippen LogP contribution in [0.5, 0.6) is 0 Å². The second kappa shape index (κ2) is 8.31. The van der Waals surface area contributed by atoms with Gasteiger partial charge in [-0.05, 0) is 12.2 Å². The molecule has 8 heteroatoms. The third-order valence-electron chi connectivity index (χ3n) is 4.78. The van der Waals surface area contributed by atoms with Crippen molar-refractivity contribution in [2.75, 3.05) is 57.4 Å². The number of nitrogens with zero attached hydrogens (tertiary/aromatic N) is 3. The SMILES string of the molecule is O=C1CCC(=O)N1CC(=O)N1CCCSCC1CN1CCOCC1. The number of morpholine rings is 1. The van der Waals surface area contributed by atoms with Crippen molar-refractivity contribution in [3.8, 4) is 0 Å². The van der Waals surface area contributed by atoms with E-state index >= 15 is 0 Å². The van der Waals surface area contributed by atoms with Crippen LogP contribution in [0.3, 0.4) is 0 Å². The van der Waals surface area contributed by atoms with Crippen molar-refractivity contribution < 1.29 is 19.1 Å². The van der Waals surface area contributed by atoms with Gasteiger partial charge < -0.3 is 9.64 Å². The van der Waals surface area contributed by atoms with E-state index in [4.69, 9.17) is 4.74 Å². The average Bonchev–Trinajstić information content (AvgIpc) is 2.79. The smallest absolute Gasteiger partial charge is 0.243 e. The summed E-state index contributed by atoms with van der Waals surface area (Å²) >= 11 is 1.88. The Morgan fingerprint density at radius 1 is 1.12 bits per heavy atom. The molecular formula is C16H25N3O4S. The number of likely N-dealkylation sites (tertiary alicyclic amines) is 1. The molecular weight excluding hydrogens is 330 g/mol. The van der Waals surface area contributed by atoms with Crippen molar-refractivity contribution in [1.29, 1.82) is 0 Å². The van der Waals surface area contributed by atoms with E-state index in [2.05, 4.69) is 4.90 Å². The highest BCUT2D eigenvalue weighted by molar-refractivity contribution is 7.99. The fourth-order valence-electron chi connectivity index (χ4n) is 3.42. The second-order valence-electron chi connectivity index (χ2n) is 6.46. The van der Waals surface area contributed by atoms with Gasteiger partial charge in [-0.15, -0.1) is 0 Å². The molecule has 134 valence electrons. The minimum Gasteiger partial charge on any atom is -0.379 e. The first kappa shape index (κ1) is 17.7. The van der Waals surface area contributed by atoms with Crippen LogP contribution < -0.4 is 0 Å². The maximum absolute atomic E-state index is 12.8. The first-order valence-electron chi connectivity index (χ1n) is 8.65. The van der Waals surface area contributed by atoms with Crippen LogP contribution in [0.15, 0.2) is 0 Å². The highest BCUT2D eigenvalue weighted by Gasteiger charge is 2.34. The predicted molar refractivity (Wildman–Crippen MR) is 90.7 cm³/mol. The van der Waals surface area contributed by atoms with E-state index in [0.29, 0.717) is 6.54 Å². The Bertz CT molecular complexity index is 480. The summed E-state index contributed by atoms with van der Waals surface area (Å²) in [5.74, 6) is 1.42. The molecule has 0 N–H and O–H groups in total. The minimum absolute atomic E-state index is 0.0953. The van der Waals surface area contributed by atoms with Crippen molar-refractivity contribution in [1.82, 2.24) is 14.7 Å². The van der Waals surface area contributed by atoms with Gasteiger partial charge in [0.2, 0.25) is 17.7 Å². The van der Waals surface area contributed by atoms with E-state index in [-0.39, 0.29) is 43.1 Å². The molecule has 7 nitrogen and oxygen atoms in total. The molecule has 0 radical (unpaired) electrons. The van der Waals surface area contributed by atoms with Crippen molar-refractivity contribution in [3.05, 3.63) is 0 Å². The van der Waals surface area contributed by atoms with Crippen LogP contribution in [0.4, 0.5) is 0 Å². The number of carbonyl (C=O) groups excluding carboxylic acids is 3. The summed E-state index contributed by atoms with van der Waals surface area (Å²) in [6.07, 6.45) is 1.43. The largest absolute Gasteiger partial charge is 0.379 e. The van der Waals surface area contributed by atoms with Gasteiger partial charge in [0.05, 0.1) is 19.3 Å². The first-order valence-corrected chi connectivity index (χ1v) is 9.81. The lowest BCUT2D eigenvalue weighted by Gasteiger charge is -2.36. The molecule has 0 bridgehead atoms. The van der Waals surface area contributed by atoms with Crippen molar-refractivity contribution in [3.63, 3.8) is 0 Å². The lowest BCUT2D eigenvalue weighted by Crippen LogP contribution is -2.53. The Labute approximate surface area is 146 Å². The van der Waals surface area contributed by atoms with Crippen LogP contribution in [0.2, 0.25) is 0 Å². The molecule has 3 amide bonds. The molecule has 0 aliphatic carbocycles. The fourth-order valence-corrected chi connectivity index (χ4v) is 4.47. The molecule has 0 aromatic rings. The Morgan fingerprint density at radius 3 is 2.54 bits per heavy atom. The van der Waals surface area contributed by atoms with Gasteiger partial charge in [0, 0.05) is 44.8 Å². The summed E-state index contributed by atoms with van der Waals surface area (Å²) in [5, 5.41) is 0. The molecule has 0 aromatic carbocycles. The number of ether oxygens (including phenoxy) is 1. The summed E-state index contributed by atoms with van der Waals surface area (Å²) in [4.78, 5) is 41.7. The molecule has 3 fully saturated rings. The minimum atomic E-state index is -0.220. The van der Waals surface area contributed by atoms with Crippen molar-refractivity contribution in [2.45, 2.75) is 25.3 Å². The number of hydrogen-bond donors (Lipinski definition) is 0. The van der Waals surface area contributed by atoms with E-state index < -0.39 is 0 Å². The number of carbonyl (C=O) groups is 3. The van der Waals surface area contributed by atoms with E-state index in [1.54, 1.807) is 0 Å². The Morgan fingerprint density at radius 2 is 1.83 bits per heavy atom. The Balaban J connectivity index is 1.63. The van der Waals surface area contributed by atoms with Crippen LogP contribution in [-0.2, 0) is 19.1 Å². The molecule has 3 rings (SSSR count). The van der Waals surface area contributed by atoms with Crippen LogP contribution in [0.1, 0.15) is 19.3 Å². The summed E-state index contributed by atoms with van der Waals surface area (Å²) in [5.41, 5.74) is 0. The van der Waals surface area contributed by atoms with Crippen LogP contribution in [-0.4, -0.2) is 95.9 Å². The third kappa shape index (κ3) is 4.29. The molecule has 3 aliphatic rings. The van der Waals surface area contributed by atoms with Gasteiger partial charge in [0.25, 0.3) is 0 Å². The second-order valence-corrected chi connectivity index (χ2v) is 7.61. The normalized spacial score (nSPS) is 26.8. The van der Waals surface area contributed by atoms with Gasteiger partial charge in [-0.1, -0.05) is 0 Å². The van der Waals surface area contributed by atoms with Gasteiger partial charge in [-0.2, -0.15) is 11.8 Å². The maximum atomic E-state index is 12.8. The van der Waals surface area contributed by atoms with E-state index in [9.17, 15) is 14.4 Å². The highest BCUT2D eigenvalue weighted by atomic mass is 32.2. The number of hydrogen-bond acceptors (Lipinski definition) is 6. The highest BCUT2D eigenvalue weighted by Crippen LogP contribution is 2.19. The zero-order valence-electron chi connectivity index (χ0n) is 13.9. The van der Waals surface area contributed by atoms with Gasteiger partial charge in [-0.25, -0.2) is 0 Å². The van der Waals surface area contributed by atoms with Crippen LogP contribution in [0.25, 0.3) is 0 Å². The quantitative estimate of drug-likeness (QED) is 0.651. The number of rotatable bonds is 4. The molecule has 0 spiro atoms. The predicted octanol–water partition coefficient (Wildman–Crippen LogP) is -0.198. The fraction of sp³-hybridized carbons (Fsp3) is 0.812. The zero-order valence-corrected chi connectivity index (χ0v) is 14.8.